The van der Waals surface area contributed by atoms with Crippen molar-refractivity contribution >= 4 is 5.69 Å². The maximum absolute atomic E-state index is 9.09. The van der Waals surface area contributed by atoms with Gasteiger partial charge in [-0.1, -0.05) is 25.5 Å². The number of ether oxygens (including phenoxy) is 1. The van der Waals surface area contributed by atoms with E-state index >= 15 is 0 Å². The molecule has 0 aliphatic rings. The Kier molecular flexibility index (Phi) is 5.51. The van der Waals surface area contributed by atoms with Crippen molar-refractivity contribution in [2.45, 2.75) is 32.7 Å². The number of rotatable bonds is 6. The largest absolute Gasteiger partial charge is 0.383 e. The molecule has 1 unspecified atom stereocenters. The molecule has 1 rings (SSSR count). The molecule has 1 N–H and O–H groups in total. The van der Waals surface area contributed by atoms with E-state index in [1.54, 1.807) is 7.11 Å². The number of aryl methyl sites for hydroxylation is 1. The van der Waals surface area contributed by atoms with Crippen LogP contribution >= 0.6 is 0 Å². The van der Waals surface area contributed by atoms with Crippen molar-refractivity contribution in [2.24, 2.45) is 0 Å². The zero-order valence-corrected chi connectivity index (χ0v) is 10.8. The van der Waals surface area contributed by atoms with Gasteiger partial charge in [0.1, 0.15) is 6.07 Å². The van der Waals surface area contributed by atoms with Crippen LogP contribution < -0.4 is 5.32 Å². The Bertz CT molecular complexity index is 390. The predicted molar refractivity (Wildman–Crippen MR) is 70.1 cm³/mol. The number of nitrogens with one attached hydrogen (secondary N) is 1. The zero-order valence-electron chi connectivity index (χ0n) is 10.8. The molecule has 0 heterocycles. The van der Waals surface area contributed by atoms with Crippen LogP contribution in [-0.4, -0.2) is 19.8 Å². The minimum absolute atomic E-state index is 0.262. The molecular formula is C14H20N2O. The first-order chi connectivity index (χ1) is 8.22. The summed E-state index contributed by atoms with van der Waals surface area (Å²) in [6.07, 6.45) is 2.13. The van der Waals surface area contributed by atoms with Gasteiger partial charge in [0.25, 0.3) is 0 Å². The van der Waals surface area contributed by atoms with Crippen LogP contribution in [0, 0.1) is 18.3 Å². The van der Waals surface area contributed by atoms with Gasteiger partial charge in [-0.15, -0.1) is 0 Å². The molecule has 0 aromatic heterocycles. The van der Waals surface area contributed by atoms with Crippen LogP contribution in [0.5, 0.6) is 0 Å². The molecule has 0 spiro atoms. The van der Waals surface area contributed by atoms with Crippen molar-refractivity contribution in [3.05, 3.63) is 29.3 Å². The maximum atomic E-state index is 9.09. The third-order valence-corrected chi connectivity index (χ3v) is 2.75. The van der Waals surface area contributed by atoms with E-state index in [9.17, 15) is 0 Å². The minimum Gasteiger partial charge on any atom is -0.383 e. The number of hydrogen-bond donors (Lipinski definition) is 1. The third kappa shape index (κ3) is 3.76. The summed E-state index contributed by atoms with van der Waals surface area (Å²) in [7, 11) is 1.70. The minimum atomic E-state index is 0.262. The van der Waals surface area contributed by atoms with Gasteiger partial charge in [-0.25, -0.2) is 0 Å². The average Bonchev–Trinajstić information content (AvgIpc) is 2.32. The summed E-state index contributed by atoms with van der Waals surface area (Å²) in [4.78, 5) is 0. The quantitative estimate of drug-likeness (QED) is 0.819. The second-order valence-electron chi connectivity index (χ2n) is 4.19. The van der Waals surface area contributed by atoms with E-state index in [4.69, 9.17) is 10.00 Å². The number of anilines is 1. The highest BCUT2D eigenvalue weighted by Gasteiger charge is 2.11. The first kappa shape index (κ1) is 13.5. The molecule has 3 nitrogen and oxygen atoms in total. The second-order valence-corrected chi connectivity index (χ2v) is 4.19. The SMILES string of the molecule is CCCC(COC)Nc1c(C)cccc1C#N. The van der Waals surface area contributed by atoms with Gasteiger partial charge in [0.2, 0.25) is 0 Å². The zero-order chi connectivity index (χ0) is 12.7. The molecule has 0 saturated carbocycles. The molecular weight excluding hydrogens is 212 g/mol. The molecule has 0 radical (unpaired) electrons. The van der Waals surface area contributed by atoms with Crippen LogP contribution in [0.3, 0.4) is 0 Å². The Morgan fingerprint density at radius 2 is 2.24 bits per heavy atom. The van der Waals surface area contributed by atoms with E-state index in [2.05, 4.69) is 18.3 Å². The summed E-state index contributed by atoms with van der Waals surface area (Å²) >= 11 is 0. The Hall–Kier alpha value is -1.53. The molecule has 0 amide bonds. The number of para-hydroxylation sites is 1. The Morgan fingerprint density at radius 3 is 2.82 bits per heavy atom. The maximum Gasteiger partial charge on any atom is 0.101 e. The van der Waals surface area contributed by atoms with E-state index < -0.39 is 0 Å². The molecule has 1 aromatic carbocycles. The Labute approximate surface area is 103 Å². The van der Waals surface area contributed by atoms with E-state index in [0.29, 0.717) is 12.2 Å². The van der Waals surface area contributed by atoms with Crippen LogP contribution in [-0.2, 0) is 4.74 Å². The average molecular weight is 232 g/mol. The van der Waals surface area contributed by atoms with E-state index in [1.807, 2.05) is 25.1 Å². The fraction of sp³-hybridized carbons (Fsp3) is 0.500. The van der Waals surface area contributed by atoms with Crippen molar-refractivity contribution in [1.82, 2.24) is 0 Å². The van der Waals surface area contributed by atoms with Gasteiger partial charge < -0.3 is 10.1 Å². The van der Waals surface area contributed by atoms with Crippen molar-refractivity contribution in [1.29, 1.82) is 5.26 Å². The molecule has 1 atom stereocenters. The highest BCUT2D eigenvalue weighted by molar-refractivity contribution is 5.62. The molecule has 92 valence electrons. The number of methoxy groups -OCH3 is 1. The summed E-state index contributed by atoms with van der Waals surface area (Å²) in [5.74, 6) is 0. The number of nitrogens with zero attached hydrogens (tertiary/aromatic N) is 1. The van der Waals surface area contributed by atoms with Gasteiger partial charge in [0.05, 0.1) is 17.9 Å². The number of nitriles is 1. The molecule has 17 heavy (non-hydrogen) atoms. The van der Waals surface area contributed by atoms with Crippen LogP contribution in [0.15, 0.2) is 18.2 Å². The first-order valence-corrected chi connectivity index (χ1v) is 5.98. The summed E-state index contributed by atoms with van der Waals surface area (Å²) in [5.41, 5.74) is 2.73. The van der Waals surface area contributed by atoms with Gasteiger partial charge >= 0.3 is 0 Å². The van der Waals surface area contributed by atoms with Crippen LogP contribution in [0.4, 0.5) is 5.69 Å². The van der Waals surface area contributed by atoms with E-state index in [-0.39, 0.29) is 6.04 Å². The monoisotopic (exact) mass is 232 g/mol. The van der Waals surface area contributed by atoms with Crippen LogP contribution in [0.2, 0.25) is 0 Å². The fourth-order valence-electron chi connectivity index (χ4n) is 1.90. The Morgan fingerprint density at radius 1 is 1.47 bits per heavy atom. The lowest BCUT2D eigenvalue weighted by atomic mass is 10.1. The van der Waals surface area contributed by atoms with Gasteiger partial charge in [-0.05, 0) is 25.0 Å². The molecule has 0 bridgehead atoms. The van der Waals surface area contributed by atoms with Crippen molar-refractivity contribution in [3.8, 4) is 6.07 Å². The summed E-state index contributed by atoms with van der Waals surface area (Å²) in [6, 6.07) is 8.24. The van der Waals surface area contributed by atoms with E-state index in [0.717, 1.165) is 24.1 Å². The van der Waals surface area contributed by atoms with Gasteiger partial charge in [0, 0.05) is 13.2 Å². The summed E-state index contributed by atoms with van der Waals surface area (Å²) in [6.45, 7) is 4.82. The van der Waals surface area contributed by atoms with Crippen molar-refractivity contribution in [2.75, 3.05) is 19.0 Å². The number of benzene rings is 1. The smallest absolute Gasteiger partial charge is 0.101 e. The first-order valence-electron chi connectivity index (χ1n) is 5.98. The third-order valence-electron chi connectivity index (χ3n) is 2.75. The summed E-state index contributed by atoms with van der Waals surface area (Å²) < 4.78 is 5.20. The van der Waals surface area contributed by atoms with Crippen molar-refractivity contribution in [3.63, 3.8) is 0 Å². The van der Waals surface area contributed by atoms with Gasteiger partial charge in [-0.2, -0.15) is 5.26 Å². The molecule has 0 saturated heterocycles. The van der Waals surface area contributed by atoms with Crippen molar-refractivity contribution < 1.29 is 4.74 Å². The van der Waals surface area contributed by atoms with Crippen LogP contribution in [0.1, 0.15) is 30.9 Å². The highest BCUT2D eigenvalue weighted by atomic mass is 16.5. The number of hydrogen-bond acceptors (Lipinski definition) is 3. The van der Waals surface area contributed by atoms with Gasteiger partial charge in [0.15, 0.2) is 0 Å². The Balaban J connectivity index is 2.88. The van der Waals surface area contributed by atoms with E-state index in [1.165, 1.54) is 0 Å². The molecule has 0 aliphatic carbocycles. The molecule has 1 aromatic rings. The lowest BCUT2D eigenvalue weighted by Crippen LogP contribution is -2.25. The lowest BCUT2D eigenvalue weighted by molar-refractivity contribution is 0.182. The predicted octanol–water partition coefficient (Wildman–Crippen LogP) is 3.09. The molecule has 3 heteroatoms. The topological polar surface area (TPSA) is 45.0 Å². The molecule has 0 aliphatic heterocycles. The molecule has 0 fully saturated rings. The fourth-order valence-corrected chi connectivity index (χ4v) is 1.90. The summed E-state index contributed by atoms with van der Waals surface area (Å²) in [5, 5.41) is 12.5. The standard InChI is InChI=1S/C14H20N2O/c1-4-6-13(10-17-3)16-14-11(2)7-5-8-12(14)9-15/h5,7-8,13,16H,4,6,10H2,1-3H3. The van der Waals surface area contributed by atoms with Crippen LogP contribution in [0.25, 0.3) is 0 Å². The second kappa shape index (κ2) is 6.93. The normalized spacial score (nSPS) is 11.9. The van der Waals surface area contributed by atoms with Gasteiger partial charge in [-0.3, -0.25) is 0 Å². The highest BCUT2D eigenvalue weighted by Crippen LogP contribution is 2.21. The lowest BCUT2D eigenvalue weighted by Gasteiger charge is -2.20.